The van der Waals surface area contributed by atoms with Gasteiger partial charge in [0.1, 0.15) is 6.04 Å². The smallest absolute Gasteiger partial charge is 0.405 e. The molecule has 0 spiro atoms. The molecule has 15 heavy (non-hydrogen) atoms. The lowest BCUT2D eigenvalue weighted by Gasteiger charge is -2.27. The molecular formula is C8H15N5O2. The van der Waals surface area contributed by atoms with Gasteiger partial charge in [-0.15, -0.1) is 10.2 Å². The van der Waals surface area contributed by atoms with Crippen LogP contribution in [0.1, 0.15) is 32.6 Å². The van der Waals surface area contributed by atoms with E-state index in [-0.39, 0.29) is 5.41 Å². The van der Waals surface area contributed by atoms with Gasteiger partial charge in [0.15, 0.2) is 5.82 Å². The fourth-order valence-corrected chi connectivity index (χ4v) is 1.21. The second kappa shape index (κ2) is 3.84. The molecule has 0 aliphatic carbocycles. The molecule has 0 saturated carbocycles. The third kappa shape index (κ3) is 2.90. The lowest BCUT2D eigenvalue weighted by Crippen LogP contribution is -2.36. The molecule has 1 amide bonds. The SMILES string of the molecule is Cn1nnc([C@@H](NC(=O)O)C(C)(C)C)n1. The molecule has 0 aliphatic rings. The second-order valence-electron chi connectivity index (χ2n) is 4.39. The van der Waals surface area contributed by atoms with E-state index in [2.05, 4.69) is 20.7 Å². The maximum absolute atomic E-state index is 10.6. The summed E-state index contributed by atoms with van der Waals surface area (Å²) in [7, 11) is 1.64. The fourth-order valence-electron chi connectivity index (χ4n) is 1.21. The van der Waals surface area contributed by atoms with E-state index in [4.69, 9.17) is 5.11 Å². The van der Waals surface area contributed by atoms with Crippen molar-refractivity contribution in [2.45, 2.75) is 26.8 Å². The van der Waals surface area contributed by atoms with Crippen molar-refractivity contribution in [1.82, 2.24) is 25.5 Å². The number of carbonyl (C=O) groups is 1. The van der Waals surface area contributed by atoms with Gasteiger partial charge < -0.3 is 10.4 Å². The van der Waals surface area contributed by atoms with E-state index >= 15 is 0 Å². The number of aryl methyl sites for hydroxylation is 1. The van der Waals surface area contributed by atoms with Crippen LogP contribution in [0, 0.1) is 5.41 Å². The molecule has 7 nitrogen and oxygen atoms in total. The van der Waals surface area contributed by atoms with Crippen LogP contribution in [0.5, 0.6) is 0 Å². The predicted molar refractivity (Wildman–Crippen MR) is 52.2 cm³/mol. The average molecular weight is 213 g/mol. The quantitative estimate of drug-likeness (QED) is 0.749. The van der Waals surface area contributed by atoms with Gasteiger partial charge in [-0.05, 0) is 10.6 Å². The zero-order valence-electron chi connectivity index (χ0n) is 9.22. The van der Waals surface area contributed by atoms with Gasteiger partial charge in [0, 0.05) is 0 Å². The first-order valence-corrected chi connectivity index (χ1v) is 4.54. The molecule has 0 fully saturated rings. The number of tetrazole rings is 1. The highest BCUT2D eigenvalue weighted by molar-refractivity contribution is 5.65. The molecule has 0 radical (unpaired) electrons. The average Bonchev–Trinajstić information content (AvgIpc) is 2.45. The molecule has 0 unspecified atom stereocenters. The van der Waals surface area contributed by atoms with Gasteiger partial charge in [0.05, 0.1) is 7.05 Å². The number of rotatable bonds is 2. The van der Waals surface area contributed by atoms with Crippen molar-refractivity contribution < 1.29 is 9.90 Å². The van der Waals surface area contributed by atoms with Crippen LogP contribution >= 0.6 is 0 Å². The van der Waals surface area contributed by atoms with Crippen molar-refractivity contribution in [1.29, 1.82) is 0 Å². The summed E-state index contributed by atoms with van der Waals surface area (Å²) in [6.07, 6.45) is -1.10. The third-order valence-electron chi connectivity index (χ3n) is 1.92. The summed E-state index contributed by atoms with van der Waals surface area (Å²) in [6.45, 7) is 5.72. The van der Waals surface area contributed by atoms with Gasteiger partial charge in [0.25, 0.3) is 0 Å². The maximum atomic E-state index is 10.6. The highest BCUT2D eigenvalue weighted by atomic mass is 16.4. The first kappa shape index (κ1) is 11.4. The van der Waals surface area contributed by atoms with E-state index in [0.29, 0.717) is 5.82 Å². The summed E-state index contributed by atoms with van der Waals surface area (Å²) in [5.41, 5.74) is -0.304. The molecule has 84 valence electrons. The van der Waals surface area contributed by atoms with Crippen LogP contribution in [0.3, 0.4) is 0 Å². The van der Waals surface area contributed by atoms with Gasteiger partial charge >= 0.3 is 6.09 Å². The molecule has 1 aromatic rings. The van der Waals surface area contributed by atoms with E-state index in [9.17, 15) is 4.79 Å². The van der Waals surface area contributed by atoms with Gasteiger partial charge in [-0.1, -0.05) is 20.8 Å². The lowest BCUT2D eigenvalue weighted by molar-refractivity contribution is 0.172. The molecular weight excluding hydrogens is 198 g/mol. The molecule has 1 aromatic heterocycles. The summed E-state index contributed by atoms with van der Waals surface area (Å²) in [4.78, 5) is 11.9. The van der Waals surface area contributed by atoms with Gasteiger partial charge in [-0.2, -0.15) is 4.80 Å². The summed E-state index contributed by atoms with van der Waals surface area (Å²) in [6, 6.07) is -0.469. The molecule has 0 bridgehead atoms. The van der Waals surface area contributed by atoms with E-state index in [1.807, 2.05) is 20.8 Å². The largest absolute Gasteiger partial charge is 0.465 e. The minimum Gasteiger partial charge on any atom is -0.465 e. The van der Waals surface area contributed by atoms with Crippen LogP contribution in [0.15, 0.2) is 0 Å². The number of hydrogen-bond donors (Lipinski definition) is 2. The van der Waals surface area contributed by atoms with Crippen molar-refractivity contribution in [2.75, 3.05) is 0 Å². The Morgan fingerprint density at radius 3 is 2.47 bits per heavy atom. The zero-order valence-corrected chi connectivity index (χ0v) is 9.22. The first-order valence-electron chi connectivity index (χ1n) is 4.54. The number of amides is 1. The Bertz CT molecular complexity index is 354. The minimum atomic E-state index is -1.10. The predicted octanol–water partition coefficient (Wildman–Crippen LogP) is 0.565. The maximum Gasteiger partial charge on any atom is 0.405 e. The molecule has 1 rings (SSSR count). The van der Waals surface area contributed by atoms with Gasteiger partial charge in [0.2, 0.25) is 0 Å². The van der Waals surface area contributed by atoms with Crippen LogP contribution in [0.25, 0.3) is 0 Å². The van der Waals surface area contributed by atoms with E-state index in [1.54, 1.807) is 7.05 Å². The number of aromatic nitrogens is 4. The summed E-state index contributed by atoms with van der Waals surface area (Å²) < 4.78 is 0. The van der Waals surface area contributed by atoms with Crippen molar-refractivity contribution in [3.8, 4) is 0 Å². The summed E-state index contributed by atoms with van der Waals surface area (Å²) >= 11 is 0. The Hall–Kier alpha value is -1.66. The minimum absolute atomic E-state index is 0.304. The Labute approximate surface area is 87.5 Å². The van der Waals surface area contributed by atoms with E-state index < -0.39 is 12.1 Å². The van der Waals surface area contributed by atoms with Crippen molar-refractivity contribution in [2.24, 2.45) is 12.5 Å². The molecule has 1 heterocycles. The number of nitrogens with zero attached hydrogens (tertiary/aromatic N) is 4. The molecule has 0 saturated heterocycles. The first-order chi connectivity index (χ1) is 6.80. The highest BCUT2D eigenvalue weighted by Gasteiger charge is 2.31. The van der Waals surface area contributed by atoms with Crippen molar-refractivity contribution in [3.63, 3.8) is 0 Å². The molecule has 2 N–H and O–H groups in total. The number of nitrogens with one attached hydrogen (secondary N) is 1. The zero-order chi connectivity index (χ0) is 11.6. The molecule has 7 heteroatoms. The summed E-state index contributed by atoms with van der Waals surface area (Å²) in [5.74, 6) is 0.382. The fraction of sp³-hybridized carbons (Fsp3) is 0.750. The molecule has 0 aliphatic heterocycles. The van der Waals surface area contributed by atoms with Gasteiger partial charge in [-0.25, -0.2) is 4.79 Å². The third-order valence-corrected chi connectivity index (χ3v) is 1.92. The van der Waals surface area contributed by atoms with Crippen LogP contribution in [0.4, 0.5) is 4.79 Å². The standard InChI is InChI=1S/C8H15N5O2/c1-8(2,3)5(9-7(14)15)6-10-12-13(4)11-6/h5,9H,1-4H3,(H,14,15)/t5-/m1/s1. The van der Waals surface area contributed by atoms with Crippen molar-refractivity contribution >= 4 is 6.09 Å². The van der Waals surface area contributed by atoms with E-state index in [1.165, 1.54) is 4.80 Å². The number of hydrogen-bond acceptors (Lipinski definition) is 4. The summed E-state index contributed by atoms with van der Waals surface area (Å²) in [5, 5.41) is 22.6. The topological polar surface area (TPSA) is 92.9 Å². The van der Waals surface area contributed by atoms with Crippen LogP contribution in [-0.4, -0.2) is 31.4 Å². The van der Waals surface area contributed by atoms with Crippen LogP contribution in [0.2, 0.25) is 0 Å². The monoisotopic (exact) mass is 213 g/mol. The Balaban J connectivity index is 2.96. The van der Waals surface area contributed by atoms with Crippen molar-refractivity contribution in [3.05, 3.63) is 5.82 Å². The Kier molecular flexibility index (Phi) is 2.92. The number of carboxylic acid groups (broad SMARTS) is 1. The lowest BCUT2D eigenvalue weighted by atomic mass is 9.86. The van der Waals surface area contributed by atoms with Gasteiger partial charge in [-0.3, -0.25) is 0 Å². The van der Waals surface area contributed by atoms with Crippen LogP contribution < -0.4 is 5.32 Å². The molecule has 1 atom stereocenters. The second-order valence-corrected chi connectivity index (χ2v) is 4.39. The Morgan fingerprint density at radius 2 is 2.13 bits per heavy atom. The van der Waals surface area contributed by atoms with Crippen LogP contribution in [-0.2, 0) is 7.05 Å². The Morgan fingerprint density at radius 1 is 1.53 bits per heavy atom. The highest BCUT2D eigenvalue weighted by Crippen LogP contribution is 2.30. The van der Waals surface area contributed by atoms with E-state index in [0.717, 1.165) is 0 Å². The molecule has 0 aromatic carbocycles. The normalized spacial score (nSPS) is 13.6.